The number of ether oxygens (including phenoxy) is 1. The van der Waals surface area contributed by atoms with E-state index in [4.69, 9.17) is 4.74 Å². The van der Waals surface area contributed by atoms with Crippen molar-refractivity contribution in [1.82, 2.24) is 0 Å². The number of para-hydroxylation sites is 1. The zero-order valence-corrected chi connectivity index (χ0v) is 15.5. The largest absolute Gasteiger partial charge is 0.496 e. The fourth-order valence-electron chi connectivity index (χ4n) is 2.85. The zero-order chi connectivity index (χ0) is 16.1. The third-order valence-electron chi connectivity index (χ3n) is 4.13. The van der Waals surface area contributed by atoms with Crippen molar-refractivity contribution in [2.75, 3.05) is 25.1 Å². The van der Waals surface area contributed by atoms with Gasteiger partial charge in [-0.2, -0.15) is 0 Å². The lowest BCUT2D eigenvalue weighted by molar-refractivity contribution is 0.414. The molecule has 1 aliphatic rings. The van der Waals surface area contributed by atoms with Crippen molar-refractivity contribution in [3.63, 3.8) is 0 Å². The van der Waals surface area contributed by atoms with E-state index < -0.39 is 0 Å². The number of hydrogen-bond donors (Lipinski definition) is 0. The van der Waals surface area contributed by atoms with Gasteiger partial charge in [-0.15, -0.1) is 0 Å². The van der Waals surface area contributed by atoms with Crippen molar-refractivity contribution in [2.24, 2.45) is 4.99 Å². The highest BCUT2D eigenvalue weighted by Gasteiger charge is 2.12. The van der Waals surface area contributed by atoms with E-state index in [1.54, 1.807) is 7.11 Å². The van der Waals surface area contributed by atoms with E-state index in [1.165, 1.54) is 24.9 Å². The fraction of sp³-hybridized carbons (Fsp3) is 0.316. The number of piperidine rings is 1. The molecule has 0 spiro atoms. The summed E-state index contributed by atoms with van der Waals surface area (Å²) in [5, 5.41) is 0. The Kier molecular flexibility index (Phi) is 5.54. The molecular formula is C19H21IN2O. The van der Waals surface area contributed by atoms with Crippen LogP contribution in [0.5, 0.6) is 5.75 Å². The second-order valence-electron chi connectivity index (χ2n) is 5.68. The predicted molar refractivity (Wildman–Crippen MR) is 105 cm³/mol. The highest BCUT2D eigenvalue weighted by atomic mass is 127. The summed E-state index contributed by atoms with van der Waals surface area (Å²) in [6.45, 7) is 2.28. The fourth-order valence-corrected chi connectivity index (χ4v) is 3.38. The number of methoxy groups -OCH3 is 1. The molecule has 120 valence electrons. The molecule has 1 saturated heterocycles. The van der Waals surface area contributed by atoms with Gasteiger partial charge >= 0.3 is 0 Å². The van der Waals surface area contributed by atoms with Gasteiger partial charge in [0.05, 0.1) is 12.8 Å². The Labute approximate surface area is 151 Å². The molecule has 0 saturated carbocycles. The van der Waals surface area contributed by atoms with Crippen LogP contribution in [0.2, 0.25) is 0 Å². The molecule has 0 N–H and O–H groups in total. The van der Waals surface area contributed by atoms with Gasteiger partial charge in [-0.05, 0) is 66.1 Å². The molecule has 1 heterocycles. The third kappa shape index (κ3) is 4.05. The van der Waals surface area contributed by atoms with Crippen molar-refractivity contribution in [3.8, 4) is 5.75 Å². The Morgan fingerprint density at radius 2 is 1.87 bits per heavy atom. The Hall–Kier alpha value is -1.56. The van der Waals surface area contributed by atoms with Crippen LogP contribution in [-0.2, 0) is 0 Å². The maximum Gasteiger partial charge on any atom is 0.129 e. The SMILES string of the molecule is COc1cc(N2CCCCC2)ccc1C=Nc1ccccc1I. The van der Waals surface area contributed by atoms with E-state index in [2.05, 4.69) is 56.7 Å². The first-order valence-electron chi connectivity index (χ1n) is 7.99. The third-order valence-corrected chi connectivity index (χ3v) is 5.05. The Morgan fingerprint density at radius 3 is 2.61 bits per heavy atom. The van der Waals surface area contributed by atoms with Gasteiger partial charge in [0, 0.05) is 40.2 Å². The minimum absolute atomic E-state index is 0.878. The molecule has 0 unspecified atom stereocenters. The van der Waals surface area contributed by atoms with Crippen LogP contribution in [0.25, 0.3) is 0 Å². The van der Waals surface area contributed by atoms with E-state index in [1.807, 2.05) is 24.4 Å². The highest BCUT2D eigenvalue weighted by molar-refractivity contribution is 14.1. The molecule has 0 radical (unpaired) electrons. The van der Waals surface area contributed by atoms with E-state index >= 15 is 0 Å². The molecule has 0 aliphatic carbocycles. The number of halogens is 1. The van der Waals surface area contributed by atoms with Crippen molar-refractivity contribution < 1.29 is 4.74 Å². The summed E-state index contributed by atoms with van der Waals surface area (Å²) in [4.78, 5) is 7.04. The standard InChI is InChI=1S/C19H21IN2O/c1-23-19-13-16(22-11-5-2-6-12-22)10-9-15(19)14-21-18-8-4-3-7-17(18)20/h3-4,7-10,13-14H,2,5-6,11-12H2,1H3. The number of rotatable bonds is 4. The van der Waals surface area contributed by atoms with E-state index in [9.17, 15) is 0 Å². The number of benzene rings is 2. The molecule has 3 rings (SSSR count). The topological polar surface area (TPSA) is 24.8 Å². The summed E-state index contributed by atoms with van der Waals surface area (Å²) in [5.41, 5.74) is 3.23. The van der Waals surface area contributed by atoms with Crippen molar-refractivity contribution in [3.05, 3.63) is 51.6 Å². The van der Waals surface area contributed by atoms with Crippen LogP contribution in [0.4, 0.5) is 11.4 Å². The first kappa shape index (κ1) is 16.3. The van der Waals surface area contributed by atoms with Crippen molar-refractivity contribution in [1.29, 1.82) is 0 Å². The molecule has 0 aromatic heterocycles. The minimum Gasteiger partial charge on any atom is -0.496 e. The molecule has 0 bridgehead atoms. The van der Waals surface area contributed by atoms with E-state index in [0.717, 1.165) is 33.7 Å². The monoisotopic (exact) mass is 420 g/mol. The van der Waals surface area contributed by atoms with E-state index in [-0.39, 0.29) is 0 Å². The summed E-state index contributed by atoms with van der Waals surface area (Å²) in [6, 6.07) is 14.5. The molecule has 3 nitrogen and oxygen atoms in total. The van der Waals surface area contributed by atoms with Gasteiger partial charge in [0.25, 0.3) is 0 Å². The normalized spacial score (nSPS) is 15.1. The Bertz CT molecular complexity index is 694. The van der Waals surface area contributed by atoms with Gasteiger partial charge in [0.1, 0.15) is 5.75 Å². The lowest BCUT2D eigenvalue weighted by Gasteiger charge is -2.29. The molecule has 4 heteroatoms. The van der Waals surface area contributed by atoms with Crippen molar-refractivity contribution in [2.45, 2.75) is 19.3 Å². The van der Waals surface area contributed by atoms with Crippen LogP contribution in [0.15, 0.2) is 47.5 Å². The zero-order valence-electron chi connectivity index (χ0n) is 13.3. The van der Waals surface area contributed by atoms with Crippen LogP contribution in [0.3, 0.4) is 0 Å². The van der Waals surface area contributed by atoms with Gasteiger partial charge in [0.15, 0.2) is 0 Å². The van der Waals surface area contributed by atoms with Crippen molar-refractivity contribution >= 4 is 40.2 Å². The summed E-state index contributed by atoms with van der Waals surface area (Å²) >= 11 is 2.30. The van der Waals surface area contributed by atoms with Gasteiger partial charge < -0.3 is 9.64 Å². The Morgan fingerprint density at radius 1 is 1.09 bits per heavy atom. The molecule has 2 aromatic carbocycles. The summed E-state index contributed by atoms with van der Waals surface area (Å²) in [5.74, 6) is 0.878. The van der Waals surface area contributed by atoms with Crippen LogP contribution < -0.4 is 9.64 Å². The summed E-state index contributed by atoms with van der Waals surface area (Å²) < 4.78 is 6.72. The molecule has 2 aromatic rings. The smallest absolute Gasteiger partial charge is 0.129 e. The molecule has 0 atom stereocenters. The average Bonchev–Trinajstić information content (AvgIpc) is 2.61. The van der Waals surface area contributed by atoms with Gasteiger partial charge in [-0.25, -0.2) is 0 Å². The highest BCUT2D eigenvalue weighted by Crippen LogP contribution is 2.28. The van der Waals surface area contributed by atoms with Crippen LogP contribution >= 0.6 is 22.6 Å². The molecular weight excluding hydrogens is 399 g/mol. The first-order valence-corrected chi connectivity index (χ1v) is 9.07. The number of aliphatic imine (C=N–C) groups is 1. The Balaban J connectivity index is 1.83. The van der Waals surface area contributed by atoms with Gasteiger partial charge in [-0.3, -0.25) is 4.99 Å². The maximum absolute atomic E-state index is 5.58. The second kappa shape index (κ2) is 7.81. The molecule has 0 amide bonds. The number of nitrogens with zero attached hydrogens (tertiary/aromatic N) is 2. The van der Waals surface area contributed by atoms with Crippen LogP contribution in [0, 0.1) is 3.57 Å². The predicted octanol–water partition coefficient (Wildman–Crippen LogP) is 5.04. The minimum atomic E-state index is 0.878. The lowest BCUT2D eigenvalue weighted by atomic mass is 10.1. The van der Waals surface area contributed by atoms with Gasteiger partial charge in [-0.1, -0.05) is 12.1 Å². The maximum atomic E-state index is 5.58. The first-order chi connectivity index (χ1) is 11.3. The lowest BCUT2D eigenvalue weighted by Crippen LogP contribution is -2.29. The van der Waals surface area contributed by atoms with Gasteiger partial charge in [0.2, 0.25) is 0 Å². The molecule has 23 heavy (non-hydrogen) atoms. The van der Waals surface area contributed by atoms with Crippen LogP contribution in [0.1, 0.15) is 24.8 Å². The second-order valence-corrected chi connectivity index (χ2v) is 6.85. The number of hydrogen-bond acceptors (Lipinski definition) is 3. The number of anilines is 1. The molecule has 1 fully saturated rings. The average molecular weight is 420 g/mol. The molecule has 1 aliphatic heterocycles. The van der Waals surface area contributed by atoms with Crippen LogP contribution in [-0.4, -0.2) is 26.4 Å². The quantitative estimate of drug-likeness (QED) is 0.512. The summed E-state index contributed by atoms with van der Waals surface area (Å²) in [6.07, 6.45) is 5.78. The van der Waals surface area contributed by atoms with E-state index in [0.29, 0.717) is 0 Å². The summed E-state index contributed by atoms with van der Waals surface area (Å²) in [7, 11) is 1.72.